The maximum absolute atomic E-state index is 12.2. The van der Waals surface area contributed by atoms with Crippen LogP contribution in [-0.4, -0.2) is 30.6 Å². The van der Waals surface area contributed by atoms with Gasteiger partial charge in [0.1, 0.15) is 0 Å². The van der Waals surface area contributed by atoms with E-state index in [0.717, 1.165) is 11.1 Å². The number of rotatable bonds is 5. The minimum absolute atomic E-state index is 0.0526. The van der Waals surface area contributed by atoms with Crippen molar-refractivity contribution in [1.82, 2.24) is 20.5 Å². The number of hydrogen-bond donors (Lipinski definition) is 2. The van der Waals surface area contributed by atoms with E-state index < -0.39 is 10.0 Å². The average molecular weight is 293 g/mol. The maximum Gasteiger partial charge on any atom is 0.264 e. The molecule has 0 unspecified atom stereocenters. The first kappa shape index (κ1) is 14.4. The second-order valence-corrected chi connectivity index (χ2v) is 5.87. The molecule has 0 aliphatic heterocycles. The van der Waals surface area contributed by atoms with Gasteiger partial charge in [0.25, 0.3) is 16.0 Å². The lowest BCUT2D eigenvalue weighted by molar-refractivity contribution is 0.600. The Balaban J connectivity index is 2.32. The third-order valence-corrected chi connectivity index (χ3v) is 4.03. The van der Waals surface area contributed by atoms with Gasteiger partial charge in [-0.3, -0.25) is 0 Å². The molecule has 20 heavy (non-hydrogen) atoms. The first-order chi connectivity index (χ1) is 9.53. The highest BCUT2D eigenvalue weighted by atomic mass is 32.2. The van der Waals surface area contributed by atoms with Crippen molar-refractivity contribution >= 4 is 16.0 Å². The highest BCUT2D eigenvalue weighted by Crippen LogP contribution is 2.17. The van der Waals surface area contributed by atoms with Gasteiger partial charge < -0.3 is 5.32 Å². The number of hydrogen-bond acceptors (Lipinski definition) is 6. The monoisotopic (exact) mass is 293 g/mol. The molecular formula is C12H15N5O2S. The highest BCUT2D eigenvalue weighted by molar-refractivity contribution is 7.92. The van der Waals surface area contributed by atoms with E-state index >= 15 is 0 Å². The Kier molecular flexibility index (Phi) is 4.26. The number of benzene rings is 1. The van der Waals surface area contributed by atoms with Crippen LogP contribution in [0.2, 0.25) is 0 Å². The number of nitrogens with one attached hydrogen (secondary N) is 2. The van der Waals surface area contributed by atoms with E-state index in [1.807, 2.05) is 14.0 Å². The van der Waals surface area contributed by atoms with Crippen LogP contribution in [0.1, 0.15) is 11.1 Å². The van der Waals surface area contributed by atoms with Crippen LogP contribution < -0.4 is 10.0 Å². The Morgan fingerprint density at radius 1 is 1.25 bits per heavy atom. The van der Waals surface area contributed by atoms with Gasteiger partial charge in [-0.2, -0.15) is 5.10 Å². The van der Waals surface area contributed by atoms with Crippen molar-refractivity contribution in [3.63, 3.8) is 0 Å². The number of aryl methyl sites for hydroxylation is 1. The molecule has 0 aliphatic rings. The predicted octanol–water partition coefficient (Wildman–Crippen LogP) is 0.700. The van der Waals surface area contributed by atoms with E-state index in [-0.39, 0.29) is 10.8 Å². The second kappa shape index (κ2) is 5.93. The van der Waals surface area contributed by atoms with E-state index in [1.54, 1.807) is 18.2 Å². The summed E-state index contributed by atoms with van der Waals surface area (Å²) < 4.78 is 26.8. The molecule has 0 amide bonds. The van der Waals surface area contributed by atoms with Crippen molar-refractivity contribution < 1.29 is 8.42 Å². The minimum atomic E-state index is -3.71. The van der Waals surface area contributed by atoms with Crippen LogP contribution in [0, 0.1) is 6.92 Å². The van der Waals surface area contributed by atoms with Crippen molar-refractivity contribution in [2.45, 2.75) is 18.4 Å². The van der Waals surface area contributed by atoms with Crippen LogP contribution in [-0.2, 0) is 16.6 Å². The molecule has 7 nitrogen and oxygen atoms in total. The Bertz CT molecular complexity index is 688. The van der Waals surface area contributed by atoms with E-state index in [1.165, 1.54) is 12.4 Å². The van der Waals surface area contributed by atoms with Crippen LogP contribution in [0.15, 0.2) is 35.5 Å². The number of sulfonamides is 1. The summed E-state index contributed by atoms with van der Waals surface area (Å²) in [5, 5.41) is 10.2. The third kappa shape index (κ3) is 3.28. The summed E-state index contributed by atoms with van der Waals surface area (Å²) in [6.07, 6.45) is 2.74. The van der Waals surface area contributed by atoms with E-state index in [2.05, 4.69) is 25.2 Å². The van der Waals surface area contributed by atoms with Gasteiger partial charge in [0.15, 0.2) is 0 Å². The molecule has 8 heteroatoms. The summed E-state index contributed by atoms with van der Waals surface area (Å²) in [7, 11) is -1.91. The van der Waals surface area contributed by atoms with Gasteiger partial charge in [-0.05, 0) is 37.2 Å². The molecule has 0 saturated heterocycles. The molecule has 0 spiro atoms. The summed E-state index contributed by atoms with van der Waals surface area (Å²) in [5.41, 5.74) is 1.94. The Morgan fingerprint density at radius 3 is 2.70 bits per heavy atom. The number of aromatic nitrogens is 3. The standard InChI is InChI=1S/C12H15N5O2S/c1-9-3-4-11(7-10(9)8-13-2)20(18,19)17-12-14-5-6-15-16-12/h3-7,13H,8H2,1-2H3,(H,14,16,17). The first-order valence-corrected chi connectivity index (χ1v) is 7.42. The number of nitrogens with zero attached hydrogens (tertiary/aromatic N) is 3. The minimum Gasteiger partial charge on any atom is -0.316 e. The Morgan fingerprint density at radius 2 is 2.05 bits per heavy atom. The van der Waals surface area contributed by atoms with Gasteiger partial charge in [0.2, 0.25) is 0 Å². The van der Waals surface area contributed by atoms with Crippen LogP contribution in [0.4, 0.5) is 5.95 Å². The molecule has 1 heterocycles. The normalized spacial score (nSPS) is 11.3. The summed E-state index contributed by atoms with van der Waals surface area (Å²) in [6, 6.07) is 4.95. The van der Waals surface area contributed by atoms with Gasteiger partial charge in [-0.1, -0.05) is 6.07 Å². The topological polar surface area (TPSA) is 96.9 Å². The smallest absolute Gasteiger partial charge is 0.264 e. The molecule has 0 atom stereocenters. The first-order valence-electron chi connectivity index (χ1n) is 5.93. The molecule has 1 aromatic carbocycles. The molecule has 106 valence electrons. The molecule has 0 saturated carbocycles. The molecule has 2 rings (SSSR count). The van der Waals surface area contributed by atoms with Crippen molar-refractivity contribution in [2.75, 3.05) is 11.8 Å². The Hall–Kier alpha value is -2.06. The van der Waals surface area contributed by atoms with Crippen LogP contribution >= 0.6 is 0 Å². The van der Waals surface area contributed by atoms with Crippen LogP contribution in [0.3, 0.4) is 0 Å². The molecular weight excluding hydrogens is 278 g/mol. The lowest BCUT2D eigenvalue weighted by Gasteiger charge is -2.10. The van der Waals surface area contributed by atoms with E-state index in [4.69, 9.17) is 0 Å². The quantitative estimate of drug-likeness (QED) is 0.842. The second-order valence-electron chi connectivity index (χ2n) is 4.19. The fourth-order valence-corrected chi connectivity index (χ4v) is 2.67. The summed E-state index contributed by atoms with van der Waals surface area (Å²) in [6.45, 7) is 2.53. The van der Waals surface area contributed by atoms with Gasteiger partial charge in [0.05, 0.1) is 17.3 Å². The van der Waals surface area contributed by atoms with Crippen LogP contribution in [0.25, 0.3) is 0 Å². The van der Waals surface area contributed by atoms with Crippen molar-refractivity contribution in [1.29, 1.82) is 0 Å². The predicted molar refractivity (Wildman–Crippen MR) is 74.6 cm³/mol. The van der Waals surface area contributed by atoms with Crippen molar-refractivity contribution in [3.05, 3.63) is 41.7 Å². The molecule has 1 aromatic heterocycles. The van der Waals surface area contributed by atoms with Gasteiger partial charge in [-0.15, -0.1) is 5.10 Å². The third-order valence-electron chi connectivity index (χ3n) is 2.71. The molecule has 0 radical (unpaired) electrons. The molecule has 0 fully saturated rings. The SMILES string of the molecule is CNCc1cc(S(=O)(=O)Nc2nccnn2)ccc1C. The van der Waals surface area contributed by atoms with Gasteiger partial charge in [-0.25, -0.2) is 18.1 Å². The largest absolute Gasteiger partial charge is 0.316 e. The average Bonchev–Trinajstić information content (AvgIpc) is 2.42. The highest BCUT2D eigenvalue weighted by Gasteiger charge is 2.16. The molecule has 0 bridgehead atoms. The molecule has 2 aromatic rings. The number of anilines is 1. The van der Waals surface area contributed by atoms with Gasteiger partial charge in [0, 0.05) is 6.54 Å². The van der Waals surface area contributed by atoms with Crippen molar-refractivity contribution in [3.8, 4) is 0 Å². The lowest BCUT2D eigenvalue weighted by atomic mass is 10.1. The van der Waals surface area contributed by atoms with E-state index in [0.29, 0.717) is 6.54 Å². The zero-order valence-electron chi connectivity index (χ0n) is 11.2. The summed E-state index contributed by atoms with van der Waals surface area (Å²) in [4.78, 5) is 3.96. The zero-order valence-corrected chi connectivity index (χ0v) is 12.0. The van der Waals surface area contributed by atoms with Crippen molar-refractivity contribution in [2.24, 2.45) is 0 Å². The fraction of sp³-hybridized carbons (Fsp3) is 0.250. The molecule has 2 N–H and O–H groups in total. The Labute approximate surface area is 117 Å². The summed E-state index contributed by atoms with van der Waals surface area (Å²) >= 11 is 0. The zero-order chi connectivity index (χ0) is 14.6. The maximum atomic E-state index is 12.2. The lowest BCUT2D eigenvalue weighted by Crippen LogP contribution is -2.16. The van der Waals surface area contributed by atoms with E-state index in [9.17, 15) is 8.42 Å². The van der Waals surface area contributed by atoms with Crippen LogP contribution in [0.5, 0.6) is 0 Å². The molecule has 0 aliphatic carbocycles. The van der Waals surface area contributed by atoms with Gasteiger partial charge >= 0.3 is 0 Å². The summed E-state index contributed by atoms with van der Waals surface area (Å²) in [5.74, 6) is -0.0526. The fourth-order valence-electron chi connectivity index (χ4n) is 1.67.